The first kappa shape index (κ1) is 27.8. The number of rotatable bonds is 6. The van der Waals surface area contributed by atoms with Crippen molar-refractivity contribution in [3.05, 3.63) is 71.8 Å². The minimum absolute atomic E-state index is 0.0465. The van der Waals surface area contributed by atoms with Crippen LogP contribution in [0.15, 0.2) is 65.6 Å². The van der Waals surface area contributed by atoms with Crippen LogP contribution in [0.25, 0.3) is 10.8 Å². The van der Waals surface area contributed by atoms with Crippen molar-refractivity contribution in [1.82, 2.24) is 9.62 Å². The van der Waals surface area contributed by atoms with Gasteiger partial charge in [0.1, 0.15) is 0 Å². The van der Waals surface area contributed by atoms with Crippen LogP contribution in [0.2, 0.25) is 0 Å². The van der Waals surface area contributed by atoms with E-state index in [-0.39, 0.29) is 35.8 Å². The topological polar surface area (TPSA) is 159 Å². The van der Waals surface area contributed by atoms with Crippen LogP contribution < -0.4 is 15.8 Å². The largest absolute Gasteiger partial charge is 0.483 e. The number of sulfonamides is 1. The molecule has 11 heteroatoms. The van der Waals surface area contributed by atoms with Crippen LogP contribution in [-0.2, 0) is 19.6 Å². The van der Waals surface area contributed by atoms with Crippen molar-refractivity contribution >= 4 is 44.8 Å². The van der Waals surface area contributed by atoms with Crippen LogP contribution in [0.1, 0.15) is 28.8 Å². The van der Waals surface area contributed by atoms with E-state index in [9.17, 15) is 18.0 Å². The summed E-state index contributed by atoms with van der Waals surface area (Å²) in [6.07, 6.45) is 1.04. The third-order valence-corrected chi connectivity index (χ3v) is 7.73. The smallest absolute Gasteiger partial charge is 0.290 e. The number of hydrogen-bond donors (Lipinski definition) is 4. The zero-order chi connectivity index (χ0) is 27.0. The van der Waals surface area contributed by atoms with Crippen LogP contribution in [-0.4, -0.2) is 62.4 Å². The summed E-state index contributed by atoms with van der Waals surface area (Å²) < 4.78 is 29.4. The minimum Gasteiger partial charge on any atom is -0.483 e. The van der Waals surface area contributed by atoms with Crippen LogP contribution >= 0.6 is 0 Å². The lowest BCUT2D eigenvalue weighted by Gasteiger charge is -2.32. The molecule has 0 aliphatic carbocycles. The number of piperidine rings is 1. The molecule has 0 unspecified atom stereocenters. The van der Waals surface area contributed by atoms with Gasteiger partial charge in [-0.1, -0.05) is 42.5 Å². The minimum atomic E-state index is -3.82. The summed E-state index contributed by atoms with van der Waals surface area (Å²) in [5, 5.41) is 11.0. The van der Waals surface area contributed by atoms with Crippen molar-refractivity contribution in [2.45, 2.75) is 30.7 Å². The molecule has 10 nitrogen and oxygen atoms in total. The van der Waals surface area contributed by atoms with Gasteiger partial charge >= 0.3 is 0 Å². The Morgan fingerprint density at radius 2 is 1.62 bits per heavy atom. The zero-order valence-corrected chi connectivity index (χ0v) is 21.2. The molecule has 4 rings (SSSR count). The highest BCUT2D eigenvalue weighted by atomic mass is 32.2. The Kier molecular flexibility index (Phi) is 9.34. The lowest BCUT2D eigenvalue weighted by Crippen LogP contribution is -2.47. The van der Waals surface area contributed by atoms with Crippen molar-refractivity contribution in [3.8, 4) is 0 Å². The fourth-order valence-electron chi connectivity index (χ4n) is 4.29. The number of carbonyl (C=O) groups excluding carboxylic acids is 2. The second-order valence-electron chi connectivity index (χ2n) is 8.51. The molecule has 0 saturated carbocycles. The summed E-state index contributed by atoms with van der Waals surface area (Å²) in [4.78, 5) is 34.8. The number of anilines is 1. The average Bonchev–Trinajstić information content (AvgIpc) is 2.89. The number of fused-ring (bicyclic) bond motifs is 1. The molecule has 0 spiro atoms. The number of carboxylic acid groups (broad SMARTS) is 1. The zero-order valence-electron chi connectivity index (χ0n) is 20.4. The molecule has 1 fully saturated rings. The first-order valence-electron chi connectivity index (χ1n) is 11.7. The Balaban J connectivity index is 0.00000121. The second kappa shape index (κ2) is 12.4. The molecule has 1 saturated heterocycles. The van der Waals surface area contributed by atoms with Crippen LogP contribution in [0.4, 0.5) is 5.69 Å². The Bertz CT molecular complexity index is 1380. The van der Waals surface area contributed by atoms with Gasteiger partial charge in [-0.05, 0) is 43.5 Å². The molecule has 37 heavy (non-hydrogen) atoms. The van der Waals surface area contributed by atoms with Gasteiger partial charge < -0.3 is 21.1 Å². The van der Waals surface area contributed by atoms with Gasteiger partial charge in [-0.15, -0.1) is 0 Å². The summed E-state index contributed by atoms with van der Waals surface area (Å²) in [5.41, 5.74) is 7.37. The van der Waals surface area contributed by atoms with Gasteiger partial charge in [0.25, 0.3) is 12.4 Å². The number of carbonyl (C=O) groups is 3. The molecule has 3 aromatic rings. The monoisotopic (exact) mass is 526 g/mol. The average molecular weight is 527 g/mol. The normalized spacial score (nSPS) is 13.9. The summed E-state index contributed by atoms with van der Waals surface area (Å²) in [7, 11) is -3.82. The summed E-state index contributed by atoms with van der Waals surface area (Å²) >= 11 is 0. The van der Waals surface area contributed by atoms with Gasteiger partial charge in [-0.3, -0.25) is 14.4 Å². The molecule has 3 aromatic carbocycles. The Morgan fingerprint density at radius 3 is 2.24 bits per heavy atom. The number of nitrogens with two attached hydrogens (primary N) is 1. The predicted molar refractivity (Wildman–Crippen MR) is 141 cm³/mol. The van der Waals surface area contributed by atoms with Gasteiger partial charge in [0.15, 0.2) is 0 Å². The molecular weight excluding hydrogens is 496 g/mol. The van der Waals surface area contributed by atoms with Crippen LogP contribution in [0.3, 0.4) is 0 Å². The fourth-order valence-corrected chi connectivity index (χ4v) is 5.81. The van der Waals surface area contributed by atoms with E-state index in [1.165, 1.54) is 6.07 Å². The number of aryl methyl sites for hydroxylation is 1. The van der Waals surface area contributed by atoms with Crippen molar-refractivity contribution in [3.63, 3.8) is 0 Å². The number of amides is 2. The highest BCUT2D eigenvalue weighted by Crippen LogP contribution is 2.30. The number of likely N-dealkylation sites (tertiary alicyclic amines) is 1. The molecular formula is C26H30N4O6S. The Morgan fingerprint density at radius 1 is 1.03 bits per heavy atom. The van der Waals surface area contributed by atoms with Crippen molar-refractivity contribution in [1.29, 1.82) is 0 Å². The lowest BCUT2D eigenvalue weighted by molar-refractivity contribution is -0.130. The number of nitrogens with zero attached hydrogens (tertiary/aromatic N) is 1. The number of nitrogens with one attached hydrogen (secondary N) is 2. The van der Waals surface area contributed by atoms with Crippen LogP contribution in [0, 0.1) is 6.92 Å². The van der Waals surface area contributed by atoms with Crippen molar-refractivity contribution < 1.29 is 27.9 Å². The molecule has 2 amide bonds. The summed E-state index contributed by atoms with van der Waals surface area (Å²) in [5.74, 6) is -0.383. The number of benzene rings is 3. The van der Waals surface area contributed by atoms with Gasteiger partial charge in [-0.2, -0.15) is 0 Å². The third-order valence-electron chi connectivity index (χ3n) is 6.16. The molecule has 0 atom stereocenters. The molecule has 1 aliphatic heterocycles. The molecule has 196 valence electrons. The highest BCUT2D eigenvalue weighted by molar-refractivity contribution is 7.89. The lowest BCUT2D eigenvalue weighted by atomic mass is 10.1. The Labute approximate surface area is 215 Å². The second-order valence-corrected chi connectivity index (χ2v) is 10.2. The molecule has 1 aliphatic rings. The van der Waals surface area contributed by atoms with Gasteiger partial charge in [0.05, 0.1) is 11.4 Å². The third kappa shape index (κ3) is 6.70. The molecule has 0 bridgehead atoms. The first-order valence-corrected chi connectivity index (χ1v) is 13.2. The predicted octanol–water partition coefficient (Wildman–Crippen LogP) is 2.33. The molecule has 5 N–H and O–H groups in total. The molecule has 0 aromatic heterocycles. The maximum Gasteiger partial charge on any atom is 0.290 e. The molecule has 0 radical (unpaired) electrons. The SMILES string of the molecule is Cc1ccccc1C(=O)Nc1ccc(S(=O)(=O)NC2CCN(C(=O)CN)CC2)c2ccccc12.O=CO. The van der Waals surface area contributed by atoms with Crippen LogP contribution in [0.5, 0.6) is 0 Å². The fraction of sp³-hybridized carbons (Fsp3) is 0.269. The van der Waals surface area contributed by atoms with Crippen molar-refractivity contribution in [2.75, 3.05) is 25.0 Å². The Hall–Kier alpha value is -3.80. The van der Waals surface area contributed by atoms with E-state index in [0.717, 1.165) is 5.56 Å². The van der Waals surface area contributed by atoms with E-state index in [4.69, 9.17) is 15.6 Å². The summed E-state index contributed by atoms with van der Waals surface area (Å²) in [6.45, 7) is 2.50. The molecule has 1 heterocycles. The quantitative estimate of drug-likeness (QED) is 0.359. The van der Waals surface area contributed by atoms with Gasteiger partial charge in [-0.25, -0.2) is 13.1 Å². The van der Waals surface area contributed by atoms with E-state index in [1.807, 2.05) is 19.1 Å². The maximum atomic E-state index is 13.3. The maximum absolute atomic E-state index is 13.3. The standard InChI is InChI=1S/C25H28N4O4S.CH2O2/c1-17-6-2-3-7-19(17)25(31)27-22-10-11-23(21-9-5-4-8-20(21)22)34(32,33)28-18-12-14-29(15-13-18)24(30)16-26;2-1-3/h2-11,18,28H,12-16,26H2,1H3,(H,27,31);1H,(H,2,3). The van der Waals surface area contributed by atoms with E-state index < -0.39 is 10.0 Å². The van der Waals surface area contributed by atoms with Crippen molar-refractivity contribution in [2.24, 2.45) is 5.73 Å². The van der Waals surface area contributed by atoms with Gasteiger partial charge in [0, 0.05) is 41.2 Å². The highest BCUT2D eigenvalue weighted by Gasteiger charge is 2.27. The van der Waals surface area contributed by atoms with E-state index in [0.29, 0.717) is 48.0 Å². The van der Waals surface area contributed by atoms with E-state index in [1.54, 1.807) is 47.4 Å². The number of hydrogen-bond acceptors (Lipinski definition) is 6. The van der Waals surface area contributed by atoms with Gasteiger partial charge in [0.2, 0.25) is 15.9 Å². The van der Waals surface area contributed by atoms with E-state index in [2.05, 4.69) is 10.0 Å². The first-order chi connectivity index (χ1) is 17.7. The summed E-state index contributed by atoms with van der Waals surface area (Å²) in [6, 6.07) is 17.3. The van der Waals surface area contributed by atoms with E-state index >= 15 is 0 Å².